The van der Waals surface area contributed by atoms with E-state index in [1.807, 2.05) is 0 Å². The number of nitrogens with two attached hydrogens (primary N) is 1. The van der Waals surface area contributed by atoms with E-state index in [2.05, 4.69) is 10.2 Å². The molecule has 0 aliphatic heterocycles. The SMILES string of the molecule is Cc1[nH]nc(N)c1S(=O)[O-]. The maximum atomic E-state index is 10.4. The summed E-state index contributed by atoms with van der Waals surface area (Å²) in [6.07, 6.45) is 0. The molecule has 0 bridgehead atoms. The highest BCUT2D eigenvalue weighted by Crippen LogP contribution is 2.14. The first-order valence-corrected chi connectivity index (χ1v) is 3.60. The number of anilines is 1. The van der Waals surface area contributed by atoms with Crippen LogP contribution in [0.5, 0.6) is 0 Å². The lowest BCUT2D eigenvalue weighted by molar-refractivity contribution is 0.537. The van der Waals surface area contributed by atoms with Crippen LogP contribution in [0.1, 0.15) is 5.69 Å². The Morgan fingerprint density at radius 1 is 1.80 bits per heavy atom. The normalized spacial score (nSPS) is 13.4. The Morgan fingerprint density at radius 3 is 2.60 bits per heavy atom. The lowest BCUT2D eigenvalue weighted by atomic mass is 10.5. The molecule has 0 radical (unpaired) electrons. The van der Waals surface area contributed by atoms with Gasteiger partial charge in [0.05, 0.1) is 4.90 Å². The number of hydrogen-bond acceptors (Lipinski definition) is 4. The van der Waals surface area contributed by atoms with Crippen molar-refractivity contribution in [1.29, 1.82) is 0 Å². The van der Waals surface area contributed by atoms with Crippen LogP contribution in [-0.2, 0) is 11.1 Å². The number of rotatable bonds is 1. The maximum Gasteiger partial charge on any atom is 0.160 e. The maximum absolute atomic E-state index is 10.4. The second-order valence-electron chi connectivity index (χ2n) is 1.80. The summed E-state index contributed by atoms with van der Waals surface area (Å²) in [5, 5.41) is 5.95. The third-order valence-electron chi connectivity index (χ3n) is 1.08. The van der Waals surface area contributed by atoms with E-state index in [-0.39, 0.29) is 10.7 Å². The molecule has 3 N–H and O–H groups in total. The Balaban J connectivity index is 3.23. The van der Waals surface area contributed by atoms with Crippen molar-refractivity contribution in [3.63, 3.8) is 0 Å². The highest BCUT2D eigenvalue weighted by molar-refractivity contribution is 7.79. The van der Waals surface area contributed by atoms with Crippen molar-refractivity contribution in [3.05, 3.63) is 5.69 Å². The van der Waals surface area contributed by atoms with Gasteiger partial charge < -0.3 is 10.3 Å². The molecule has 0 spiro atoms. The molecule has 0 amide bonds. The first kappa shape index (κ1) is 7.23. The van der Waals surface area contributed by atoms with Crippen molar-refractivity contribution in [3.8, 4) is 0 Å². The Morgan fingerprint density at radius 2 is 2.40 bits per heavy atom. The second-order valence-corrected chi connectivity index (χ2v) is 2.68. The molecule has 5 nitrogen and oxygen atoms in total. The van der Waals surface area contributed by atoms with Crippen molar-refractivity contribution in [2.45, 2.75) is 11.8 Å². The molecule has 0 aliphatic carbocycles. The largest absolute Gasteiger partial charge is 0.768 e. The van der Waals surface area contributed by atoms with Gasteiger partial charge >= 0.3 is 0 Å². The fourth-order valence-electron chi connectivity index (χ4n) is 0.648. The molecule has 56 valence electrons. The average Bonchev–Trinajstić information content (AvgIpc) is 2.11. The molecule has 0 fully saturated rings. The van der Waals surface area contributed by atoms with E-state index in [0.29, 0.717) is 5.69 Å². The lowest BCUT2D eigenvalue weighted by Crippen LogP contribution is -1.95. The minimum Gasteiger partial charge on any atom is -0.768 e. The molecule has 1 aromatic heterocycles. The number of aryl methyl sites for hydroxylation is 1. The quantitative estimate of drug-likeness (QED) is 0.543. The van der Waals surface area contributed by atoms with Crippen molar-refractivity contribution < 1.29 is 8.76 Å². The molecule has 0 aliphatic rings. The summed E-state index contributed by atoms with van der Waals surface area (Å²) in [6.45, 7) is 1.59. The average molecular weight is 160 g/mol. The van der Waals surface area contributed by atoms with Gasteiger partial charge in [0, 0.05) is 5.69 Å². The van der Waals surface area contributed by atoms with Gasteiger partial charge in [-0.1, -0.05) is 0 Å². The summed E-state index contributed by atoms with van der Waals surface area (Å²) in [5.41, 5.74) is 5.67. The highest BCUT2D eigenvalue weighted by Gasteiger charge is 2.05. The third kappa shape index (κ3) is 1.03. The molecule has 1 rings (SSSR count). The van der Waals surface area contributed by atoms with Crippen LogP contribution in [0.4, 0.5) is 5.82 Å². The zero-order chi connectivity index (χ0) is 7.72. The van der Waals surface area contributed by atoms with Crippen LogP contribution < -0.4 is 5.73 Å². The van der Waals surface area contributed by atoms with E-state index < -0.39 is 11.1 Å². The number of H-pyrrole nitrogens is 1. The summed E-state index contributed by atoms with van der Waals surface area (Å²) in [4.78, 5) is 0.0556. The van der Waals surface area contributed by atoms with Crippen LogP contribution in [0.15, 0.2) is 4.90 Å². The van der Waals surface area contributed by atoms with E-state index in [0.717, 1.165) is 0 Å². The van der Waals surface area contributed by atoms with Gasteiger partial charge in [0.1, 0.15) is 0 Å². The predicted octanol–water partition coefficient (Wildman–Crippen LogP) is -0.462. The molecule has 1 unspecified atom stereocenters. The highest BCUT2D eigenvalue weighted by atomic mass is 32.2. The molecule has 1 aromatic rings. The second kappa shape index (κ2) is 2.39. The van der Waals surface area contributed by atoms with Crippen LogP contribution in [-0.4, -0.2) is 19.0 Å². The summed E-state index contributed by atoms with van der Waals surface area (Å²) in [7, 11) is 0. The van der Waals surface area contributed by atoms with Gasteiger partial charge in [-0.25, -0.2) is 0 Å². The summed E-state index contributed by atoms with van der Waals surface area (Å²) >= 11 is -2.29. The molecule has 0 saturated carbocycles. The molecular weight excluding hydrogens is 154 g/mol. The number of aromatic amines is 1. The number of hydrogen-bond donors (Lipinski definition) is 2. The minimum atomic E-state index is -2.29. The van der Waals surface area contributed by atoms with Gasteiger partial charge in [0.25, 0.3) is 0 Å². The minimum absolute atomic E-state index is 0.0193. The van der Waals surface area contributed by atoms with Gasteiger partial charge in [-0.2, -0.15) is 5.10 Å². The van der Waals surface area contributed by atoms with E-state index in [1.54, 1.807) is 6.92 Å². The first-order valence-electron chi connectivity index (χ1n) is 2.52. The van der Waals surface area contributed by atoms with Crippen molar-refractivity contribution in [2.75, 3.05) is 5.73 Å². The smallest absolute Gasteiger partial charge is 0.160 e. The van der Waals surface area contributed by atoms with E-state index >= 15 is 0 Å². The van der Waals surface area contributed by atoms with Gasteiger partial charge in [-0.05, 0) is 18.0 Å². The van der Waals surface area contributed by atoms with Crippen molar-refractivity contribution in [1.82, 2.24) is 10.2 Å². The Bertz CT molecular complexity index is 250. The fraction of sp³-hybridized carbons (Fsp3) is 0.250. The van der Waals surface area contributed by atoms with Crippen molar-refractivity contribution in [2.24, 2.45) is 0 Å². The van der Waals surface area contributed by atoms with Gasteiger partial charge in [0.15, 0.2) is 5.82 Å². The molecule has 1 heterocycles. The predicted molar refractivity (Wildman–Crippen MR) is 34.9 cm³/mol. The van der Waals surface area contributed by atoms with Crippen LogP contribution in [0.3, 0.4) is 0 Å². The lowest BCUT2D eigenvalue weighted by Gasteiger charge is -2.02. The van der Waals surface area contributed by atoms with E-state index in [4.69, 9.17) is 5.73 Å². The summed E-state index contributed by atoms with van der Waals surface area (Å²) < 4.78 is 20.7. The van der Waals surface area contributed by atoms with Crippen LogP contribution in [0, 0.1) is 6.92 Å². The molecule has 10 heavy (non-hydrogen) atoms. The van der Waals surface area contributed by atoms with E-state index in [9.17, 15) is 8.76 Å². The van der Waals surface area contributed by atoms with Gasteiger partial charge in [0.2, 0.25) is 0 Å². The molecule has 0 saturated heterocycles. The molecule has 6 heteroatoms. The zero-order valence-electron chi connectivity index (χ0n) is 5.25. The summed E-state index contributed by atoms with van der Waals surface area (Å²) in [5.74, 6) is 0.0193. The van der Waals surface area contributed by atoms with Crippen molar-refractivity contribution >= 4 is 16.9 Å². The van der Waals surface area contributed by atoms with Gasteiger partial charge in [-0.3, -0.25) is 9.31 Å². The topological polar surface area (TPSA) is 94.8 Å². The molecule has 1 atom stereocenters. The number of aromatic nitrogens is 2. The van der Waals surface area contributed by atoms with Crippen LogP contribution in [0.2, 0.25) is 0 Å². The number of nitrogen functional groups attached to an aromatic ring is 1. The van der Waals surface area contributed by atoms with Gasteiger partial charge in [-0.15, -0.1) is 0 Å². The Kier molecular flexibility index (Phi) is 1.73. The van der Waals surface area contributed by atoms with E-state index in [1.165, 1.54) is 0 Å². The zero-order valence-corrected chi connectivity index (χ0v) is 6.07. The summed E-state index contributed by atoms with van der Waals surface area (Å²) in [6, 6.07) is 0. The molecule has 0 aromatic carbocycles. The van der Waals surface area contributed by atoms with Crippen LogP contribution >= 0.6 is 0 Å². The first-order chi connectivity index (χ1) is 4.63. The third-order valence-corrected chi connectivity index (χ3v) is 1.93. The molecular formula is C4H6N3O2S-. The monoisotopic (exact) mass is 160 g/mol. The fourth-order valence-corrected chi connectivity index (χ4v) is 1.16. The Labute approximate surface area is 59.9 Å². The standard InChI is InChI=1S/C4H7N3O2S/c1-2-3(10(8)9)4(5)7-6-2/h1H3,(H,8,9)(H3,5,6,7)/p-1. The number of nitrogens with zero attached hydrogens (tertiary/aromatic N) is 1. The number of nitrogens with one attached hydrogen (secondary N) is 1. The Hall–Kier alpha value is -0.880. The van der Waals surface area contributed by atoms with Crippen LogP contribution in [0.25, 0.3) is 0 Å².